The first-order chi connectivity index (χ1) is 9.27. The van der Waals surface area contributed by atoms with Crippen molar-refractivity contribution in [1.82, 2.24) is 0 Å². The van der Waals surface area contributed by atoms with Crippen LogP contribution in [0.4, 0.5) is 0 Å². The lowest BCUT2D eigenvalue weighted by Gasteiger charge is -2.01. The minimum absolute atomic E-state index is 1.28. The van der Waals surface area contributed by atoms with Crippen LogP contribution in [-0.2, 0) is 0 Å². The summed E-state index contributed by atoms with van der Waals surface area (Å²) in [7, 11) is 0. The molecule has 0 heteroatoms. The van der Waals surface area contributed by atoms with Gasteiger partial charge in [-0.15, -0.1) is 0 Å². The first-order valence-corrected chi connectivity index (χ1v) is 7.40. The third kappa shape index (κ3) is 6.24. The molecule has 19 heavy (non-hydrogen) atoms. The molecule has 0 aliphatic carbocycles. The van der Waals surface area contributed by atoms with Crippen molar-refractivity contribution in [2.24, 2.45) is 0 Å². The van der Waals surface area contributed by atoms with Gasteiger partial charge in [-0.2, -0.15) is 0 Å². The Hall–Kier alpha value is -1.56. The average Bonchev–Trinajstić information content (AvgIpc) is 2.47. The van der Waals surface area contributed by atoms with Gasteiger partial charge in [-0.05, 0) is 18.1 Å². The fourth-order valence-electron chi connectivity index (χ4n) is 1.96. The number of rotatable bonds is 4. The Morgan fingerprint density at radius 1 is 0.684 bits per heavy atom. The summed E-state index contributed by atoms with van der Waals surface area (Å²) >= 11 is 0. The second kappa shape index (κ2) is 9.38. The maximum atomic E-state index is 2.23. The highest BCUT2D eigenvalue weighted by atomic mass is 14.0. The summed E-state index contributed by atoms with van der Waals surface area (Å²) in [5, 5.41) is 0. The Bertz CT molecular complexity index is 439. The van der Waals surface area contributed by atoms with E-state index in [4.69, 9.17) is 0 Å². The minimum atomic E-state index is 1.28. The molecule has 2 rings (SSSR count). The molecule has 0 heterocycles. The van der Waals surface area contributed by atoms with E-state index in [0.717, 1.165) is 0 Å². The van der Waals surface area contributed by atoms with Gasteiger partial charge in [0.05, 0.1) is 0 Å². The van der Waals surface area contributed by atoms with E-state index in [9.17, 15) is 0 Å². The van der Waals surface area contributed by atoms with E-state index >= 15 is 0 Å². The van der Waals surface area contributed by atoms with Crippen LogP contribution in [0.15, 0.2) is 54.6 Å². The van der Waals surface area contributed by atoms with Crippen LogP contribution in [0.1, 0.15) is 45.1 Å². The predicted molar refractivity (Wildman–Crippen MR) is 86.4 cm³/mol. The lowest BCUT2D eigenvalue weighted by atomic mass is 10.0. The standard InChI is InChI=1S/C13H12.C6H14/c1-11-6-5-9-13(10-11)12-7-3-2-4-8-12;1-3-5-6-4-2/h2-10H,1H3;3-6H2,1-2H3. The van der Waals surface area contributed by atoms with Crippen molar-refractivity contribution >= 4 is 0 Å². The van der Waals surface area contributed by atoms with Crippen LogP contribution in [0.5, 0.6) is 0 Å². The van der Waals surface area contributed by atoms with E-state index in [1.807, 2.05) is 6.07 Å². The molecule has 2 aromatic carbocycles. The van der Waals surface area contributed by atoms with Crippen molar-refractivity contribution in [2.75, 3.05) is 0 Å². The zero-order chi connectivity index (χ0) is 13.9. The van der Waals surface area contributed by atoms with Gasteiger partial charge in [-0.25, -0.2) is 0 Å². The molecule has 0 aliphatic heterocycles. The van der Waals surface area contributed by atoms with Crippen molar-refractivity contribution in [3.63, 3.8) is 0 Å². The molecule has 0 atom stereocenters. The molecule has 0 nitrogen and oxygen atoms in total. The molecule has 102 valence electrons. The van der Waals surface area contributed by atoms with Crippen LogP contribution >= 0.6 is 0 Å². The largest absolute Gasteiger partial charge is 0.0654 e. The van der Waals surface area contributed by atoms with Gasteiger partial charge in [0.25, 0.3) is 0 Å². The summed E-state index contributed by atoms with van der Waals surface area (Å²) in [6.07, 6.45) is 5.54. The molecule has 0 bridgehead atoms. The zero-order valence-electron chi connectivity index (χ0n) is 12.5. The predicted octanol–water partition coefficient (Wildman–Crippen LogP) is 6.25. The third-order valence-electron chi connectivity index (χ3n) is 3.08. The maximum absolute atomic E-state index is 2.23. The molecule has 0 saturated carbocycles. The monoisotopic (exact) mass is 254 g/mol. The second-order valence-electron chi connectivity index (χ2n) is 4.94. The number of benzene rings is 2. The van der Waals surface area contributed by atoms with E-state index in [0.29, 0.717) is 0 Å². The molecular formula is C19H26. The van der Waals surface area contributed by atoms with Gasteiger partial charge in [0.2, 0.25) is 0 Å². The highest BCUT2D eigenvalue weighted by Crippen LogP contribution is 2.19. The number of hydrogen-bond donors (Lipinski definition) is 0. The van der Waals surface area contributed by atoms with E-state index in [2.05, 4.69) is 69.3 Å². The minimum Gasteiger partial charge on any atom is -0.0654 e. The van der Waals surface area contributed by atoms with Crippen molar-refractivity contribution in [1.29, 1.82) is 0 Å². The smallest absolute Gasteiger partial charge is 0.0181 e. The van der Waals surface area contributed by atoms with Crippen LogP contribution in [0.2, 0.25) is 0 Å². The van der Waals surface area contributed by atoms with Gasteiger partial charge in [0.15, 0.2) is 0 Å². The highest BCUT2D eigenvalue weighted by Gasteiger charge is 1.94. The SMILES string of the molecule is CCCCCC.Cc1cccc(-c2ccccc2)c1. The summed E-state index contributed by atoms with van der Waals surface area (Å²) < 4.78 is 0. The van der Waals surface area contributed by atoms with E-state index in [1.54, 1.807) is 0 Å². The van der Waals surface area contributed by atoms with Gasteiger partial charge in [0.1, 0.15) is 0 Å². The van der Waals surface area contributed by atoms with Gasteiger partial charge >= 0.3 is 0 Å². The first kappa shape index (κ1) is 15.5. The van der Waals surface area contributed by atoms with Gasteiger partial charge in [-0.1, -0.05) is 99.7 Å². The summed E-state index contributed by atoms with van der Waals surface area (Å²) in [5.41, 5.74) is 3.88. The summed E-state index contributed by atoms with van der Waals surface area (Å²) in [6.45, 7) is 6.58. The molecule has 0 aromatic heterocycles. The molecule has 0 unspecified atom stereocenters. The number of hydrogen-bond acceptors (Lipinski definition) is 0. The zero-order valence-corrected chi connectivity index (χ0v) is 12.5. The quantitative estimate of drug-likeness (QED) is 0.566. The van der Waals surface area contributed by atoms with Gasteiger partial charge in [-0.3, -0.25) is 0 Å². The summed E-state index contributed by atoms with van der Waals surface area (Å²) in [5.74, 6) is 0. The van der Waals surface area contributed by atoms with E-state index in [1.165, 1.54) is 42.4 Å². The molecule has 0 N–H and O–H groups in total. The molecule has 0 amide bonds. The average molecular weight is 254 g/mol. The molecule has 0 saturated heterocycles. The molecule has 0 fully saturated rings. The van der Waals surface area contributed by atoms with E-state index < -0.39 is 0 Å². The Morgan fingerprint density at radius 3 is 1.79 bits per heavy atom. The van der Waals surface area contributed by atoms with E-state index in [-0.39, 0.29) is 0 Å². The lowest BCUT2D eigenvalue weighted by Crippen LogP contribution is -1.77. The van der Waals surface area contributed by atoms with Gasteiger partial charge in [0, 0.05) is 0 Å². The Labute approximate surface area is 118 Å². The van der Waals surface area contributed by atoms with Crippen LogP contribution in [-0.4, -0.2) is 0 Å². The molecular weight excluding hydrogens is 228 g/mol. The maximum Gasteiger partial charge on any atom is -0.0181 e. The Balaban J connectivity index is 0.000000258. The first-order valence-electron chi connectivity index (χ1n) is 7.40. The van der Waals surface area contributed by atoms with Crippen molar-refractivity contribution in [3.05, 3.63) is 60.2 Å². The number of aryl methyl sites for hydroxylation is 1. The Kier molecular flexibility index (Phi) is 7.65. The number of unbranched alkanes of at least 4 members (excludes halogenated alkanes) is 3. The summed E-state index contributed by atoms with van der Waals surface area (Å²) in [4.78, 5) is 0. The Morgan fingerprint density at radius 2 is 1.26 bits per heavy atom. The molecule has 0 spiro atoms. The highest BCUT2D eigenvalue weighted by molar-refractivity contribution is 5.63. The molecule has 0 radical (unpaired) electrons. The van der Waals surface area contributed by atoms with Crippen LogP contribution < -0.4 is 0 Å². The van der Waals surface area contributed by atoms with Crippen LogP contribution in [0, 0.1) is 6.92 Å². The fraction of sp³-hybridized carbons (Fsp3) is 0.368. The van der Waals surface area contributed by atoms with Crippen LogP contribution in [0.3, 0.4) is 0 Å². The van der Waals surface area contributed by atoms with Crippen molar-refractivity contribution in [2.45, 2.75) is 46.5 Å². The fourth-order valence-corrected chi connectivity index (χ4v) is 1.96. The third-order valence-corrected chi connectivity index (χ3v) is 3.08. The molecule has 2 aromatic rings. The van der Waals surface area contributed by atoms with Crippen LogP contribution in [0.25, 0.3) is 11.1 Å². The summed E-state index contributed by atoms with van der Waals surface area (Å²) in [6, 6.07) is 19.0. The lowest BCUT2D eigenvalue weighted by molar-refractivity contribution is 0.702. The van der Waals surface area contributed by atoms with Crippen molar-refractivity contribution in [3.8, 4) is 11.1 Å². The van der Waals surface area contributed by atoms with Gasteiger partial charge < -0.3 is 0 Å². The second-order valence-corrected chi connectivity index (χ2v) is 4.94. The molecule has 0 aliphatic rings. The van der Waals surface area contributed by atoms with Crippen molar-refractivity contribution < 1.29 is 0 Å². The normalized spacial score (nSPS) is 9.63. The topological polar surface area (TPSA) is 0 Å².